The van der Waals surface area contributed by atoms with E-state index in [1.54, 1.807) is 6.08 Å². The van der Waals surface area contributed by atoms with Gasteiger partial charge in [-0.05, 0) is 34.8 Å². The SMILES string of the molecule is C=C/C=C\C(=C)C1(/C(C)=C/C=C)c2ccccc2-c2ccccc21. The van der Waals surface area contributed by atoms with Crippen LogP contribution in [0.4, 0.5) is 0 Å². The lowest BCUT2D eigenvalue weighted by Gasteiger charge is -2.34. The molecule has 0 radical (unpaired) electrons. The molecule has 1 aliphatic rings. The molecule has 24 heavy (non-hydrogen) atoms. The Morgan fingerprint density at radius 3 is 1.92 bits per heavy atom. The fourth-order valence-corrected chi connectivity index (χ4v) is 3.87. The van der Waals surface area contributed by atoms with Crippen molar-refractivity contribution in [3.05, 3.63) is 121 Å². The second kappa shape index (κ2) is 6.33. The summed E-state index contributed by atoms with van der Waals surface area (Å²) in [5.74, 6) is 0. The van der Waals surface area contributed by atoms with Gasteiger partial charge in [0.1, 0.15) is 0 Å². The zero-order valence-corrected chi connectivity index (χ0v) is 14.1. The summed E-state index contributed by atoms with van der Waals surface area (Å²) in [6, 6.07) is 17.2. The molecule has 1 aliphatic carbocycles. The van der Waals surface area contributed by atoms with Gasteiger partial charge in [-0.25, -0.2) is 0 Å². The van der Waals surface area contributed by atoms with Crippen LogP contribution >= 0.6 is 0 Å². The molecule has 2 aromatic rings. The van der Waals surface area contributed by atoms with Crippen LogP contribution in [0.2, 0.25) is 0 Å². The molecule has 0 heterocycles. The molecule has 0 saturated carbocycles. The first kappa shape index (κ1) is 16.0. The first-order valence-electron chi connectivity index (χ1n) is 8.15. The Morgan fingerprint density at radius 2 is 1.42 bits per heavy atom. The zero-order chi connectivity index (χ0) is 17.2. The van der Waals surface area contributed by atoms with Crippen LogP contribution in [-0.4, -0.2) is 0 Å². The Balaban J connectivity index is 2.43. The van der Waals surface area contributed by atoms with Crippen LogP contribution in [0.3, 0.4) is 0 Å². The molecule has 0 spiro atoms. The van der Waals surface area contributed by atoms with E-state index in [0.717, 1.165) is 5.57 Å². The molecule has 0 amide bonds. The van der Waals surface area contributed by atoms with Crippen molar-refractivity contribution < 1.29 is 0 Å². The van der Waals surface area contributed by atoms with Gasteiger partial charge in [0.05, 0.1) is 5.41 Å². The quantitative estimate of drug-likeness (QED) is 0.562. The molecule has 3 rings (SSSR count). The Bertz CT molecular complexity index is 829. The highest BCUT2D eigenvalue weighted by Crippen LogP contribution is 2.56. The molecule has 118 valence electrons. The first-order valence-corrected chi connectivity index (χ1v) is 8.15. The molecule has 0 aliphatic heterocycles. The van der Waals surface area contributed by atoms with Crippen LogP contribution in [0.5, 0.6) is 0 Å². The maximum absolute atomic E-state index is 4.44. The molecule has 0 fully saturated rings. The molecule has 0 saturated heterocycles. The van der Waals surface area contributed by atoms with Crippen LogP contribution in [0.15, 0.2) is 110 Å². The smallest absolute Gasteiger partial charge is 0.0668 e. The van der Waals surface area contributed by atoms with Gasteiger partial charge < -0.3 is 0 Å². The Hall–Kier alpha value is -2.86. The lowest BCUT2D eigenvalue weighted by atomic mass is 9.67. The summed E-state index contributed by atoms with van der Waals surface area (Å²) >= 11 is 0. The summed E-state index contributed by atoms with van der Waals surface area (Å²) < 4.78 is 0. The van der Waals surface area contributed by atoms with E-state index < -0.39 is 0 Å². The van der Waals surface area contributed by atoms with E-state index in [1.165, 1.54) is 27.8 Å². The van der Waals surface area contributed by atoms with Crippen molar-refractivity contribution in [1.29, 1.82) is 0 Å². The van der Waals surface area contributed by atoms with E-state index in [4.69, 9.17) is 0 Å². The minimum atomic E-state index is -0.360. The fourth-order valence-electron chi connectivity index (χ4n) is 3.87. The molecule has 0 N–H and O–H groups in total. The lowest BCUT2D eigenvalue weighted by Crippen LogP contribution is -2.28. The number of rotatable bonds is 5. The second-order valence-corrected chi connectivity index (χ2v) is 6.05. The van der Waals surface area contributed by atoms with Crippen molar-refractivity contribution in [2.75, 3.05) is 0 Å². The van der Waals surface area contributed by atoms with Crippen molar-refractivity contribution in [2.45, 2.75) is 12.3 Å². The number of allylic oxidation sites excluding steroid dienone is 7. The van der Waals surface area contributed by atoms with Gasteiger partial charge in [0.15, 0.2) is 0 Å². The van der Waals surface area contributed by atoms with E-state index in [9.17, 15) is 0 Å². The monoisotopic (exact) mass is 310 g/mol. The number of fused-ring (bicyclic) bond motifs is 3. The normalized spacial score (nSPS) is 15.0. The highest BCUT2D eigenvalue weighted by molar-refractivity contribution is 5.86. The molecular formula is C24H22. The summed E-state index contributed by atoms with van der Waals surface area (Å²) in [6.45, 7) is 14.3. The molecular weight excluding hydrogens is 288 g/mol. The highest BCUT2D eigenvalue weighted by Gasteiger charge is 2.45. The van der Waals surface area contributed by atoms with Gasteiger partial charge in [0.2, 0.25) is 0 Å². The molecule has 0 nitrogen and oxygen atoms in total. The summed E-state index contributed by atoms with van der Waals surface area (Å²) in [7, 11) is 0. The van der Waals surface area contributed by atoms with Gasteiger partial charge in [-0.3, -0.25) is 0 Å². The third-order valence-corrected chi connectivity index (χ3v) is 4.83. The Morgan fingerprint density at radius 1 is 0.875 bits per heavy atom. The second-order valence-electron chi connectivity index (χ2n) is 6.05. The van der Waals surface area contributed by atoms with Crippen LogP contribution in [0, 0.1) is 0 Å². The largest absolute Gasteiger partial charge is 0.0991 e. The number of hydrogen-bond donors (Lipinski definition) is 0. The summed E-state index contributed by atoms with van der Waals surface area (Å²) in [4.78, 5) is 0. The van der Waals surface area contributed by atoms with E-state index in [2.05, 4.69) is 87.3 Å². The molecule has 2 aromatic carbocycles. The summed E-state index contributed by atoms with van der Waals surface area (Å²) in [5, 5.41) is 0. The molecule has 0 atom stereocenters. The molecule has 0 aromatic heterocycles. The standard InChI is InChI=1S/C24H22/c1-5-7-13-19(4)24(18(3)12-6-2)22-16-10-8-14-20(22)21-15-9-11-17-23(21)24/h5-17H,1-2,4H2,3H3/b13-7-,18-12+. The number of benzene rings is 2. The average molecular weight is 310 g/mol. The zero-order valence-electron chi connectivity index (χ0n) is 14.1. The Kier molecular flexibility index (Phi) is 4.22. The highest BCUT2D eigenvalue weighted by atomic mass is 14.5. The topological polar surface area (TPSA) is 0 Å². The third-order valence-electron chi connectivity index (χ3n) is 4.83. The average Bonchev–Trinajstić information content (AvgIpc) is 2.91. The van der Waals surface area contributed by atoms with Gasteiger partial charge in [-0.2, -0.15) is 0 Å². The van der Waals surface area contributed by atoms with Crippen molar-refractivity contribution in [1.82, 2.24) is 0 Å². The van der Waals surface area contributed by atoms with Crippen LogP contribution < -0.4 is 0 Å². The van der Waals surface area contributed by atoms with E-state index in [0.29, 0.717) is 0 Å². The fraction of sp³-hybridized carbons (Fsp3) is 0.0833. The predicted molar refractivity (Wildman–Crippen MR) is 105 cm³/mol. The van der Waals surface area contributed by atoms with Crippen molar-refractivity contribution in [3.63, 3.8) is 0 Å². The maximum atomic E-state index is 4.44. The lowest BCUT2D eigenvalue weighted by molar-refractivity contribution is 0.748. The third kappa shape index (κ3) is 2.15. The van der Waals surface area contributed by atoms with E-state index >= 15 is 0 Å². The van der Waals surface area contributed by atoms with Gasteiger partial charge in [-0.1, -0.05) is 104 Å². The van der Waals surface area contributed by atoms with Gasteiger partial charge in [-0.15, -0.1) is 0 Å². The summed E-state index contributed by atoms with van der Waals surface area (Å²) in [5.41, 5.74) is 7.00. The van der Waals surface area contributed by atoms with E-state index in [1.807, 2.05) is 12.2 Å². The minimum absolute atomic E-state index is 0.360. The van der Waals surface area contributed by atoms with Gasteiger partial charge >= 0.3 is 0 Å². The molecule has 0 unspecified atom stereocenters. The van der Waals surface area contributed by atoms with Crippen LogP contribution in [-0.2, 0) is 5.41 Å². The minimum Gasteiger partial charge on any atom is -0.0991 e. The summed E-state index contributed by atoms with van der Waals surface area (Å²) in [6.07, 6.45) is 9.75. The maximum Gasteiger partial charge on any atom is 0.0668 e. The first-order chi connectivity index (χ1) is 11.7. The van der Waals surface area contributed by atoms with Gasteiger partial charge in [0.25, 0.3) is 0 Å². The Labute approximate surface area is 144 Å². The molecule has 0 heteroatoms. The van der Waals surface area contributed by atoms with Gasteiger partial charge in [0, 0.05) is 0 Å². The predicted octanol–water partition coefficient (Wildman–Crippen LogP) is 6.38. The van der Waals surface area contributed by atoms with Crippen molar-refractivity contribution in [3.8, 4) is 11.1 Å². The van der Waals surface area contributed by atoms with Crippen molar-refractivity contribution >= 4 is 0 Å². The van der Waals surface area contributed by atoms with Crippen molar-refractivity contribution in [2.24, 2.45) is 0 Å². The van der Waals surface area contributed by atoms with E-state index in [-0.39, 0.29) is 5.41 Å². The van der Waals surface area contributed by atoms with Crippen LogP contribution in [0.25, 0.3) is 11.1 Å². The molecule has 0 bridgehead atoms. The number of hydrogen-bond acceptors (Lipinski definition) is 0. The van der Waals surface area contributed by atoms with Crippen LogP contribution in [0.1, 0.15) is 18.1 Å².